The topological polar surface area (TPSA) is 32.8 Å². The average molecular weight is 316 g/mol. The van der Waals surface area contributed by atoms with Crippen molar-refractivity contribution in [1.82, 2.24) is 4.90 Å². The minimum absolute atomic E-state index is 0.0307. The zero-order valence-electron chi connectivity index (χ0n) is 14.3. The Balaban J connectivity index is 1.64. The van der Waals surface area contributed by atoms with Crippen LogP contribution in [0.4, 0.5) is 5.69 Å². The van der Waals surface area contributed by atoms with E-state index in [1.54, 1.807) is 6.92 Å². The van der Waals surface area contributed by atoms with Crippen LogP contribution < -0.4 is 4.90 Å². The number of para-hydroxylation sites is 1. The second-order valence-electron chi connectivity index (χ2n) is 6.81. The second-order valence-corrected chi connectivity index (χ2v) is 6.81. The van der Waals surface area contributed by atoms with Gasteiger partial charge in [-0.3, -0.25) is 4.79 Å². The predicted octanol–water partition coefficient (Wildman–Crippen LogP) is 3.07. The fourth-order valence-electron chi connectivity index (χ4n) is 4.17. The molecule has 23 heavy (non-hydrogen) atoms. The van der Waals surface area contributed by atoms with Crippen molar-refractivity contribution < 1.29 is 9.53 Å². The zero-order valence-corrected chi connectivity index (χ0v) is 14.3. The number of benzene rings is 1. The van der Waals surface area contributed by atoms with Gasteiger partial charge in [0.2, 0.25) is 5.91 Å². The van der Waals surface area contributed by atoms with E-state index < -0.39 is 0 Å². The first-order valence-corrected chi connectivity index (χ1v) is 8.85. The molecule has 0 saturated carbocycles. The molecular weight excluding hydrogens is 288 g/mol. The lowest BCUT2D eigenvalue weighted by Crippen LogP contribution is -2.54. The minimum atomic E-state index is -0.0307. The van der Waals surface area contributed by atoms with Gasteiger partial charge in [-0.15, -0.1) is 0 Å². The van der Waals surface area contributed by atoms with Gasteiger partial charge in [0.15, 0.2) is 0 Å². The Morgan fingerprint density at radius 2 is 2.00 bits per heavy atom. The monoisotopic (exact) mass is 316 g/mol. The molecule has 2 fully saturated rings. The molecule has 2 aliphatic rings. The summed E-state index contributed by atoms with van der Waals surface area (Å²) in [6.07, 6.45) is 4.06. The van der Waals surface area contributed by atoms with E-state index in [0.29, 0.717) is 6.04 Å². The number of ether oxygens (including phenoxy) is 1. The van der Waals surface area contributed by atoms with Gasteiger partial charge in [-0.1, -0.05) is 18.2 Å². The number of nitrogens with zero attached hydrogens (tertiary/aromatic N) is 2. The van der Waals surface area contributed by atoms with E-state index in [2.05, 4.69) is 42.2 Å². The highest BCUT2D eigenvalue weighted by Gasteiger charge is 2.42. The fraction of sp³-hybridized carbons (Fsp3) is 0.632. The van der Waals surface area contributed by atoms with Gasteiger partial charge in [0.05, 0.1) is 5.60 Å². The minimum Gasteiger partial charge on any atom is -0.375 e. The summed E-state index contributed by atoms with van der Waals surface area (Å²) in [6.45, 7) is 7.39. The molecule has 0 aliphatic carbocycles. The molecule has 2 saturated heterocycles. The van der Waals surface area contributed by atoms with E-state index in [1.807, 2.05) is 4.90 Å². The molecule has 1 amide bonds. The first-order valence-electron chi connectivity index (χ1n) is 8.85. The Kier molecular flexibility index (Phi) is 4.90. The Bertz CT molecular complexity index is 523. The van der Waals surface area contributed by atoms with Crippen LogP contribution in [0, 0.1) is 0 Å². The fourth-order valence-corrected chi connectivity index (χ4v) is 4.17. The molecule has 0 N–H and O–H groups in total. The summed E-state index contributed by atoms with van der Waals surface area (Å²) in [6, 6.07) is 11.0. The first kappa shape index (κ1) is 16.3. The van der Waals surface area contributed by atoms with Crippen molar-refractivity contribution >= 4 is 11.6 Å². The third-order valence-corrected chi connectivity index (χ3v) is 5.45. The van der Waals surface area contributed by atoms with Crippen molar-refractivity contribution in [2.75, 3.05) is 31.1 Å². The number of carbonyl (C=O) groups excluding carboxylic acids is 1. The van der Waals surface area contributed by atoms with Gasteiger partial charge in [-0.05, 0) is 44.7 Å². The number of anilines is 1. The normalized spacial score (nSPS) is 23.7. The van der Waals surface area contributed by atoms with Gasteiger partial charge in [-0.25, -0.2) is 0 Å². The van der Waals surface area contributed by atoms with Gasteiger partial charge in [0.25, 0.3) is 0 Å². The van der Waals surface area contributed by atoms with E-state index in [0.717, 1.165) is 51.9 Å². The maximum Gasteiger partial charge on any atom is 0.219 e. The van der Waals surface area contributed by atoms with Crippen LogP contribution in [0.15, 0.2) is 30.3 Å². The number of carbonyl (C=O) groups is 1. The van der Waals surface area contributed by atoms with Crippen LogP contribution in [0.5, 0.6) is 0 Å². The van der Waals surface area contributed by atoms with Gasteiger partial charge >= 0.3 is 0 Å². The molecule has 1 atom stereocenters. The molecule has 0 radical (unpaired) electrons. The number of rotatable bonds is 3. The molecule has 2 heterocycles. The molecule has 0 bridgehead atoms. The Morgan fingerprint density at radius 1 is 1.30 bits per heavy atom. The quantitative estimate of drug-likeness (QED) is 0.859. The molecule has 1 spiro atoms. The molecule has 0 unspecified atom stereocenters. The molecule has 4 heteroatoms. The van der Waals surface area contributed by atoms with Gasteiger partial charge in [0, 0.05) is 44.9 Å². The summed E-state index contributed by atoms with van der Waals surface area (Å²) in [5.41, 5.74) is 1.27. The summed E-state index contributed by atoms with van der Waals surface area (Å²) in [5, 5.41) is 0. The van der Waals surface area contributed by atoms with Crippen molar-refractivity contribution in [2.45, 2.75) is 51.2 Å². The largest absolute Gasteiger partial charge is 0.375 e. The van der Waals surface area contributed by atoms with Crippen molar-refractivity contribution in [3.63, 3.8) is 0 Å². The highest BCUT2D eigenvalue weighted by atomic mass is 16.5. The molecule has 4 nitrogen and oxygen atoms in total. The third-order valence-electron chi connectivity index (χ3n) is 5.45. The van der Waals surface area contributed by atoms with Crippen molar-refractivity contribution in [3.8, 4) is 0 Å². The van der Waals surface area contributed by atoms with Crippen LogP contribution in [0.1, 0.15) is 39.5 Å². The highest BCUT2D eigenvalue weighted by Crippen LogP contribution is 2.37. The SMILES string of the molecule is CCN(C(C)=O)[C@H]1CCOC2(CCN(c3ccccc3)CC2)C1. The summed E-state index contributed by atoms with van der Waals surface area (Å²) in [5.74, 6) is 0.191. The molecule has 2 aliphatic heterocycles. The lowest BCUT2D eigenvalue weighted by molar-refractivity contribution is -0.143. The van der Waals surface area contributed by atoms with E-state index in [9.17, 15) is 4.79 Å². The van der Waals surface area contributed by atoms with E-state index >= 15 is 0 Å². The number of amides is 1. The third kappa shape index (κ3) is 3.52. The van der Waals surface area contributed by atoms with Crippen LogP contribution in [-0.4, -0.2) is 48.7 Å². The second kappa shape index (κ2) is 6.91. The standard InChI is InChI=1S/C19H28N2O2/c1-3-21(16(2)22)18-9-14-23-19(15-18)10-12-20(13-11-19)17-7-5-4-6-8-17/h4-8,18H,3,9-15H2,1-2H3/t18-/m0/s1. The van der Waals surface area contributed by atoms with Crippen molar-refractivity contribution in [2.24, 2.45) is 0 Å². The summed E-state index contributed by atoms with van der Waals surface area (Å²) in [7, 11) is 0. The smallest absolute Gasteiger partial charge is 0.219 e. The maximum atomic E-state index is 11.9. The van der Waals surface area contributed by atoms with Gasteiger partial charge < -0.3 is 14.5 Å². The average Bonchev–Trinajstić information content (AvgIpc) is 2.57. The summed E-state index contributed by atoms with van der Waals surface area (Å²) < 4.78 is 6.23. The van der Waals surface area contributed by atoms with Gasteiger partial charge in [0.1, 0.15) is 0 Å². The molecule has 1 aromatic rings. The molecule has 0 aromatic heterocycles. The Morgan fingerprint density at radius 3 is 2.61 bits per heavy atom. The number of piperidine rings is 1. The zero-order chi connectivity index (χ0) is 16.3. The molecular formula is C19H28N2O2. The summed E-state index contributed by atoms with van der Waals surface area (Å²) in [4.78, 5) is 16.3. The van der Waals surface area contributed by atoms with E-state index in [1.165, 1.54) is 5.69 Å². The van der Waals surface area contributed by atoms with Crippen molar-refractivity contribution in [3.05, 3.63) is 30.3 Å². The van der Waals surface area contributed by atoms with Crippen LogP contribution in [-0.2, 0) is 9.53 Å². The van der Waals surface area contributed by atoms with E-state index in [4.69, 9.17) is 4.74 Å². The van der Waals surface area contributed by atoms with Crippen LogP contribution >= 0.6 is 0 Å². The van der Waals surface area contributed by atoms with Crippen molar-refractivity contribution in [1.29, 1.82) is 0 Å². The Labute approximate surface area is 139 Å². The lowest BCUT2D eigenvalue weighted by Gasteiger charge is -2.48. The van der Waals surface area contributed by atoms with Crippen LogP contribution in [0.3, 0.4) is 0 Å². The number of hydrogen-bond donors (Lipinski definition) is 0. The first-order chi connectivity index (χ1) is 11.1. The highest BCUT2D eigenvalue weighted by molar-refractivity contribution is 5.73. The number of hydrogen-bond acceptors (Lipinski definition) is 3. The van der Waals surface area contributed by atoms with E-state index in [-0.39, 0.29) is 11.5 Å². The molecule has 126 valence electrons. The lowest BCUT2D eigenvalue weighted by atomic mass is 9.81. The summed E-state index contributed by atoms with van der Waals surface area (Å²) >= 11 is 0. The van der Waals surface area contributed by atoms with Crippen LogP contribution in [0.2, 0.25) is 0 Å². The molecule has 3 rings (SSSR count). The molecule has 1 aromatic carbocycles. The van der Waals surface area contributed by atoms with Gasteiger partial charge in [-0.2, -0.15) is 0 Å². The predicted molar refractivity (Wildman–Crippen MR) is 92.7 cm³/mol. The Hall–Kier alpha value is -1.55. The maximum absolute atomic E-state index is 11.9. The van der Waals surface area contributed by atoms with Crippen LogP contribution in [0.25, 0.3) is 0 Å².